The molecule has 0 aliphatic carbocycles. The Hall–Kier alpha value is -3.34. The van der Waals surface area contributed by atoms with E-state index < -0.39 is 11.6 Å². The van der Waals surface area contributed by atoms with Crippen molar-refractivity contribution in [3.05, 3.63) is 35.2 Å². The Balaban J connectivity index is 1.84. The van der Waals surface area contributed by atoms with Gasteiger partial charge in [0.05, 0.1) is 20.3 Å². The molecule has 42 heavy (non-hydrogen) atoms. The third kappa shape index (κ3) is 14.0. The summed E-state index contributed by atoms with van der Waals surface area (Å²) in [4.78, 5) is 37.3. The van der Waals surface area contributed by atoms with Crippen LogP contribution in [0.3, 0.4) is 0 Å². The summed E-state index contributed by atoms with van der Waals surface area (Å²) in [6.45, 7) is 9.60. The van der Waals surface area contributed by atoms with Crippen LogP contribution < -0.4 is 20.1 Å². The molecular weight excluding hydrogens is 562 g/mol. The molecule has 1 amide bonds. The number of rotatable bonds is 19. The van der Waals surface area contributed by atoms with E-state index in [-0.39, 0.29) is 12.1 Å². The Morgan fingerprint density at radius 3 is 2.31 bits per heavy atom. The van der Waals surface area contributed by atoms with Gasteiger partial charge in [-0.15, -0.1) is 11.6 Å². The molecule has 234 valence electrons. The second-order valence-corrected chi connectivity index (χ2v) is 11.0. The van der Waals surface area contributed by atoms with Crippen molar-refractivity contribution < 1.29 is 28.5 Å². The van der Waals surface area contributed by atoms with Crippen molar-refractivity contribution in [3.63, 3.8) is 0 Å². The van der Waals surface area contributed by atoms with E-state index in [2.05, 4.69) is 25.6 Å². The first-order chi connectivity index (χ1) is 20.1. The number of aromatic nitrogens is 3. The van der Waals surface area contributed by atoms with Gasteiger partial charge in [-0.25, -0.2) is 9.59 Å². The molecule has 0 aliphatic rings. The predicted molar refractivity (Wildman–Crippen MR) is 163 cm³/mol. The van der Waals surface area contributed by atoms with Crippen LogP contribution in [0.1, 0.15) is 94.4 Å². The Kier molecular flexibility index (Phi) is 15.7. The maximum Gasteiger partial charge on any atom is 0.407 e. The molecule has 2 rings (SSSR count). The van der Waals surface area contributed by atoms with Gasteiger partial charge in [0.15, 0.2) is 0 Å². The number of halogens is 1. The van der Waals surface area contributed by atoms with E-state index in [1.807, 2.05) is 33.8 Å². The number of hydrogen-bond acceptors (Lipinski definition) is 10. The maximum absolute atomic E-state index is 12.2. The molecule has 1 aromatic heterocycles. The standard InChI is InChI=1S/C30H46ClN5O6/c1-6-40-28-35-25(21-22-14-15-23(26(37)39-5)24(20-22)41-19-13-16-31)34-27(36-28)32-17-11-9-7-8-10-12-18-33-29(38)42-30(2,3)4/h14-15,20H,6-13,16-19,21H2,1-5H3,(H,33,38)(H,32,34,35,36). The lowest BCUT2D eigenvalue weighted by Crippen LogP contribution is -2.32. The van der Waals surface area contributed by atoms with Crippen molar-refractivity contribution in [3.8, 4) is 11.8 Å². The smallest absolute Gasteiger partial charge is 0.407 e. The summed E-state index contributed by atoms with van der Waals surface area (Å²) < 4.78 is 21.5. The molecular formula is C30H46ClN5O6. The van der Waals surface area contributed by atoms with E-state index in [0.29, 0.717) is 61.6 Å². The number of anilines is 1. The number of hydrogen-bond donors (Lipinski definition) is 2. The Labute approximate surface area is 254 Å². The van der Waals surface area contributed by atoms with Crippen LogP contribution in [0, 0.1) is 0 Å². The fourth-order valence-electron chi connectivity index (χ4n) is 3.91. The average Bonchev–Trinajstić information content (AvgIpc) is 2.93. The lowest BCUT2D eigenvalue weighted by molar-refractivity contribution is 0.0525. The molecule has 11 nitrogen and oxygen atoms in total. The summed E-state index contributed by atoms with van der Waals surface area (Å²) in [7, 11) is 1.34. The Morgan fingerprint density at radius 2 is 1.64 bits per heavy atom. The molecule has 0 bridgehead atoms. The number of esters is 1. The van der Waals surface area contributed by atoms with Gasteiger partial charge in [-0.3, -0.25) is 0 Å². The number of benzene rings is 1. The van der Waals surface area contributed by atoms with E-state index in [1.165, 1.54) is 7.11 Å². The van der Waals surface area contributed by atoms with E-state index in [9.17, 15) is 9.59 Å². The van der Waals surface area contributed by atoms with Gasteiger partial charge in [0, 0.05) is 25.4 Å². The number of nitrogens with zero attached hydrogens (tertiary/aromatic N) is 3. The van der Waals surface area contributed by atoms with E-state index in [4.69, 9.17) is 30.5 Å². The highest BCUT2D eigenvalue weighted by Crippen LogP contribution is 2.24. The van der Waals surface area contributed by atoms with Crippen LogP contribution >= 0.6 is 11.6 Å². The summed E-state index contributed by atoms with van der Waals surface area (Å²) >= 11 is 5.77. The molecule has 0 unspecified atom stereocenters. The zero-order valence-corrected chi connectivity index (χ0v) is 26.3. The molecule has 2 aromatic rings. The molecule has 0 aliphatic heterocycles. The average molecular weight is 608 g/mol. The van der Waals surface area contributed by atoms with Crippen molar-refractivity contribution in [2.24, 2.45) is 0 Å². The molecule has 12 heteroatoms. The maximum atomic E-state index is 12.2. The highest BCUT2D eigenvalue weighted by molar-refractivity contribution is 6.17. The molecule has 1 aromatic carbocycles. The van der Waals surface area contributed by atoms with Crippen molar-refractivity contribution in [2.45, 2.75) is 84.7 Å². The number of ether oxygens (including phenoxy) is 4. The summed E-state index contributed by atoms with van der Waals surface area (Å²) in [5.41, 5.74) is 0.736. The zero-order valence-electron chi connectivity index (χ0n) is 25.6. The van der Waals surface area contributed by atoms with E-state index in [0.717, 1.165) is 50.6 Å². The number of nitrogens with one attached hydrogen (secondary N) is 2. The third-order valence-corrected chi connectivity index (χ3v) is 6.11. The van der Waals surface area contributed by atoms with Crippen LogP contribution in [0.2, 0.25) is 0 Å². The van der Waals surface area contributed by atoms with Gasteiger partial charge in [-0.1, -0.05) is 31.7 Å². The molecule has 0 saturated heterocycles. The molecule has 0 spiro atoms. The summed E-state index contributed by atoms with van der Waals surface area (Å²) in [6.07, 6.45) is 6.92. The van der Waals surface area contributed by atoms with Gasteiger partial charge in [0.25, 0.3) is 0 Å². The van der Waals surface area contributed by atoms with Gasteiger partial charge < -0.3 is 29.6 Å². The monoisotopic (exact) mass is 607 g/mol. The van der Waals surface area contributed by atoms with E-state index in [1.54, 1.807) is 12.1 Å². The van der Waals surface area contributed by atoms with Crippen LogP contribution in [-0.4, -0.2) is 71.9 Å². The molecule has 1 heterocycles. The van der Waals surface area contributed by atoms with Crippen molar-refractivity contribution in [2.75, 3.05) is 44.6 Å². The first-order valence-corrected chi connectivity index (χ1v) is 15.2. The number of carbonyl (C=O) groups excluding carboxylic acids is 2. The van der Waals surface area contributed by atoms with Gasteiger partial charge >= 0.3 is 18.1 Å². The topological polar surface area (TPSA) is 134 Å². The number of unbranched alkanes of at least 4 members (excludes halogenated alkanes) is 5. The molecule has 2 N–H and O–H groups in total. The number of carbonyl (C=O) groups is 2. The van der Waals surface area contributed by atoms with Gasteiger partial charge in [0.1, 0.15) is 22.7 Å². The molecule has 0 radical (unpaired) electrons. The van der Waals surface area contributed by atoms with Crippen molar-refractivity contribution in [1.82, 2.24) is 20.3 Å². The SMILES string of the molecule is CCOc1nc(Cc2ccc(C(=O)OC)c(OCCCCl)c2)nc(NCCCCCCCCNC(=O)OC(C)(C)C)n1. The van der Waals surface area contributed by atoms with Crippen LogP contribution in [0.5, 0.6) is 11.8 Å². The minimum atomic E-state index is -0.478. The number of alkyl halides is 1. The largest absolute Gasteiger partial charge is 0.493 e. The normalized spacial score (nSPS) is 11.1. The van der Waals surface area contributed by atoms with Gasteiger partial charge in [0.2, 0.25) is 5.95 Å². The quantitative estimate of drug-likeness (QED) is 0.112. The predicted octanol–water partition coefficient (Wildman–Crippen LogP) is 5.93. The molecule has 0 fully saturated rings. The zero-order chi connectivity index (χ0) is 30.8. The minimum absolute atomic E-state index is 0.259. The lowest BCUT2D eigenvalue weighted by atomic mass is 10.1. The van der Waals surface area contributed by atoms with E-state index >= 15 is 0 Å². The Morgan fingerprint density at radius 1 is 0.929 bits per heavy atom. The second kappa shape index (κ2) is 19.0. The lowest BCUT2D eigenvalue weighted by Gasteiger charge is -2.19. The second-order valence-electron chi connectivity index (χ2n) is 10.7. The summed E-state index contributed by atoms with van der Waals surface area (Å²) in [6, 6.07) is 5.56. The first-order valence-electron chi connectivity index (χ1n) is 14.6. The minimum Gasteiger partial charge on any atom is -0.493 e. The van der Waals surface area contributed by atoms with Crippen molar-refractivity contribution >= 4 is 29.6 Å². The number of amides is 1. The van der Waals surface area contributed by atoms with Gasteiger partial charge in [-0.05, 0) is 64.7 Å². The van der Waals surface area contributed by atoms with Crippen LogP contribution in [0.15, 0.2) is 18.2 Å². The van der Waals surface area contributed by atoms with Gasteiger partial charge in [-0.2, -0.15) is 15.0 Å². The fraction of sp³-hybridized carbons (Fsp3) is 0.633. The van der Waals surface area contributed by atoms with Crippen molar-refractivity contribution in [1.29, 1.82) is 0 Å². The number of methoxy groups -OCH3 is 1. The highest BCUT2D eigenvalue weighted by Gasteiger charge is 2.16. The third-order valence-electron chi connectivity index (χ3n) is 5.84. The van der Waals surface area contributed by atoms with Crippen LogP contribution in [-0.2, 0) is 15.9 Å². The summed E-state index contributed by atoms with van der Waals surface area (Å²) in [5.74, 6) is 1.42. The molecule has 0 saturated carbocycles. The highest BCUT2D eigenvalue weighted by atomic mass is 35.5. The first kappa shape index (κ1) is 34.9. The van der Waals surface area contributed by atoms with Crippen LogP contribution in [0.25, 0.3) is 0 Å². The molecule has 0 atom stereocenters. The van der Waals surface area contributed by atoms with Crippen LogP contribution in [0.4, 0.5) is 10.7 Å². The fourth-order valence-corrected chi connectivity index (χ4v) is 4.02. The Bertz CT molecular complexity index is 1110. The summed E-state index contributed by atoms with van der Waals surface area (Å²) in [5, 5.41) is 6.08. The number of alkyl carbamates (subject to hydrolysis) is 1.